The highest BCUT2D eigenvalue weighted by Crippen LogP contribution is 2.37. The summed E-state index contributed by atoms with van der Waals surface area (Å²) in [5.74, 6) is 0.0256. The summed E-state index contributed by atoms with van der Waals surface area (Å²) in [7, 11) is 0. The van der Waals surface area contributed by atoms with Crippen LogP contribution in [-0.2, 0) is 15.0 Å². The maximum Gasteiger partial charge on any atom is 0.415 e. The second-order valence-electron chi connectivity index (χ2n) is 7.12. The Bertz CT molecular complexity index is 707. The number of benzene rings is 1. The molecule has 1 heterocycles. The highest BCUT2D eigenvalue weighted by atomic mass is 19.1. The molecule has 1 aliphatic rings. The van der Waals surface area contributed by atoms with Crippen molar-refractivity contribution in [1.29, 1.82) is 0 Å². The first kappa shape index (κ1) is 18.0. The SMILES string of the molecule is C=C1C[C@@](C)(c2cc(C)ccc2F)N=C(NC(=O)OC(C)(C)C)O1. The third-order valence-electron chi connectivity index (χ3n) is 3.44. The van der Waals surface area contributed by atoms with E-state index in [1.165, 1.54) is 6.07 Å². The van der Waals surface area contributed by atoms with Crippen molar-refractivity contribution < 1.29 is 18.7 Å². The minimum absolute atomic E-state index is 0.0519. The molecule has 1 N–H and O–H groups in total. The molecule has 130 valence electrons. The van der Waals surface area contributed by atoms with Crippen molar-refractivity contribution in [3.8, 4) is 0 Å². The van der Waals surface area contributed by atoms with Crippen LogP contribution in [0.2, 0.25) is 0 Å². The number of carbonyl (C=O) groups excluding carboxylic acids is 1. The molecule has 0 aliphatic carbocycles. The molecule has 1 aromatic rings. The second-order valence-corrected chi connectivity index (χ2v) is 7.12. The summed E-state index contributed by atoms with van der Waals surface area (Å²) in [6.45, 7) is 12.7. The van der Waals surface area contributed by atoms with Gasteiger partial charge in [-0.05, 0) is 40.7 Å². The number of halogens is 1. The van der Waals surface area contributed by atoms with Gasteiger partial charge in [0.2, 0.25) is 0 Å². The number of carbonyl (C=O) groups is 1. The summed E-state index contributed by atoms with van der Waals surface area (Å²) in [4.78, 5) is 16.3. The van der Waals surface area contributed by atoms with Gasteiger partial charge in [-0.3, -0.25) is 0 Å². The van der Waals surface area contributed by atoms with Crippen molar-refractivity contribution in [2.45, 2.75) is 52.2 Å². The first-order valence-electron chi connectivity index (χ1n) is 7.71. The number of rotatable bonds is 1. The third-order valence-corrected chi connectivity index (χ3v) is 3.44. The molecule has 1 atom stereocenters. The van der Waals surface area contributed by atoms with Crippen LogP contribution in [0.5, 0.6) is 0 Å². The molecule has 0 bridgehead atoms. The summed E-state index contributed by atoms with van der Waals surface area (Å²) in [6, 6.07) is 4.79. The topological polar surface area (TPSA) is 59.9 Å². The molecule has 0 aromatic heterocycles. The molecule has 1 aliphatic heterocycles. The Labute approximate surface area is 141 Å². The van der Waals surface area contributed by atoms with Crippen molar-refractivity contribution >= 4 is 12.1 Å². The van der Waals surface area contributed by atoms with Gasteiger partial charge in [0, 0.05) is 12.0 Å². The van der Waals surface area contributed by atoms with E-state index in [2.05, 4.69) is 16.9 Å². The molecule has 0 spiro atoms. The van der Waals surface area contributed by atoms with Gasteiger partial charge in [-0.25, -0.2) is 19.5 Å². The maximum atomic E-state index is 14.3. The molecule has 6 heteroatoms. The zero-order chi connectivity index (χ0) is 18.1. The lowest BCUT2D eigenvalue weighted by molar-refractivity contribution is 0.0549. The normalized spacial score (nSPS) is 20.9. The number of amidine groups is 1. The summed E-state index contributed by atoms with van der Waals surface area (Å²) in [5, 5.41) is 2.45. The molecule has 0 unspecified atom stereocenters. The van der Waals surface area contributed by atoms with E-state index in [1.54, 1.807) is 39.8 Å². The molecule has 0 saturated heterocycles. The molecule has 0 saturated carbocycles. The van der Waals surface area contributed by atoms with Crippen molar-refractivity contribution in [2.75, 3.05) is 0 Å². The van der Waals surface area contributed by atoms with Gasteiger partial charge in [-0.1, -0.05) is 24.3 Å². The Hall–Kier alpha value is -2.37. The summed E-state index contributed by atoms with van der Waals surface area (Å²) in [6.07, 6.45) is -0.379. The van der Waals surface area contributed by atoms with Crippen molar-refractivity contribution in [1.82, 2.24) is 5.32 Å². The van der Waals surface area contributed by atoms with Gasteiger partial charge in [0.1, 0.15) is 17.2 Å². The smallest absolute Gasteiger partial charge is 0.415 e. The number of nitrogens with one attached hydrogen (secondary N) is 1. The van der Waals surface area contributed by atoms with Crippen LogP contribution in [0.3, 0.4) is 0 Å². The largest absolute Gasteiger partial charge is 0.443 e. The van der Waals surface area contributed by atoms with Crippen LogP contribution < -0.4 is 5.32 Å². The van der Waals surface area contributed by atoms with E-state index in [4.69, 9.17) is 9.47 Å². The van der Waals surface area contributed by atoms with E-state index >= 15 is 0 Å². The van der Waals surface area contributed by atoms with Crippen LogP contribution in [0, 0.1) is 12.7 Å². The molecule has 1 aromatic carbocycles. The predicted octanol–water partition coefficient (Wildman–Crippen LogP) is 4.16. The number of aryl methyl sites for hydroxylation is 1. The summed E-state index contributed by atoms with van der Waals surface area (Å²) in [5.41, 5.74) is -0.227. The summed E-state index contributed by atoms with van der Waals surface area (Å²) >= 11 is 0. The van der Waals surface area contributed by atoms with Crippen molar-refractivity contribution in [3.05, 3.63) is 47.5 Å². The number of aliphatic imine (C=N–C) groups is 1. The number of amides is 1. The average molecular weight is 334 g/mol. The van der Waals surface area contributed by atoms with Crippen LogP contribution >= 0.6 is 0 Å². The third kappa shape index (κ3) is 4.34. The van der Waals surface area contributed by atoms with Gasteiger partial charge in [-0.2, -0.15) is 0 Å². The van der Waals surface area contributed by atoms with Gasteiger partial charge in [0.15, 0.2) is 0 Å². The quantitative estimate of drug-likeness (QED) is 0.839. The Morgan fingerprint density at radius 1 is 1.46 bits per heavy atom. The van der Waals surface area contributed by atoms with E-state index in [-0.39, 0.29) is 11.8 Å². The predicted molar refractivity (Wildman–Crippen MR) is 90.1 cm³/mol. The number of hydrogen-bond acceptors (Lipinski definition) is 4. The van der Waals surface area contributed by atoms with Gasteiger partial charge < -0.3 is 9.47 Å². The van der Waals surface area contributed by atoms with Gasteiger partial charge in [0.25, 0.3) is 6.02 Å². The number of ether oxygens (including phenoxy) is 2. The highest BCUT2D eigenvalue weighted by Gasteiger charge is 2.36. The molecule has 5 nitrogen and oxygen atoms in total. The molecule has 0 fully saturated rings. The zero-order valence-electron chi connectivity index (χ0n) is 14.7. The molecule has 0 radical (unpaired) electrons. The Balaban J connectivity index is 2.32. The molecular formula is C18H23FN2O3. The molecule has 1 amide bonds. The number of nitrogens with zero attached hydrogens (tertiary/aromatic N) is 1. The number of hydrogen-bond donors (Lipinski definition) is 1. The van der Waals surface area contributed by atoms with Crippen LogP contribution in [0.1, 0.15) is 45.2 Å². The zero-order valence-corrected chi connectivity index (χ0v) is 14.7. The molecule has 2 rings (SSSR count). The summed E-state index contributed by atoms with van der Waals surface area (Å²) < 4.78 is 24.8. The lowest BCUT2D eigenvalue weighted by Crippen LogP contribution is -2.41. The van der Waals surface area contributed by atoms with E-state index in [9.17, 15) is 9.18 Å². The maximum absolute atomic E-state index is 14.3. The van der Waals surface area contributed by atoms with Gasteiger partial charge >= 0.3 is 6.09 Å². The first-order valence-corrected chi connectivity index (χ1v) is 7.71. The average Bonchev–Trinajstić information content (AvgIpc) is 2.37. The fourth-order valence-corrected chi connectivity index (χ4v) is 2.49. The lowest BCUT2D eigenvalue weighted by atomic mass is 9.87. The standard InChI is InChI=1S/C18H23FN2O3/c1-11-7-8-14(19)13(9-11)18(6)10-12(2)23-15(21-18)20-16(22)24-17(3,4)5/h7-9H,2,10H2,1,3-6H3,(H,20,21,22)/t18-/m0/s1. The van der Waals surface area contributed by atoms with Crippen LogP contribution in [0.25, 0.3) is 0 Å². The van der Waals surface area contributed by atoms with Crippen molar-refractivity contribution in [3.63, 3.8) is 0 Å². The van der Waals surface area contributed by atoms with Gasteiger partial charge in [-0.15, -0.1) is 0 Å². The Morgan fingerprint density at radius 2 is 2.12 bits per heavy atom. The van der Waals surface area contributed by atoms with E-state index < -0.39 is 17.2 Å². The second kappa shape index (κ2) is 6.26. The van der Waals surface area contributed by atoms with E-state index in [0.29, 0.717) is 17.7 Å². The Morgan fingerprint density at radius 3 is 2.75 bits per heavy atom. The minimum atomic E-state index is -0.921. The minimum Gasteiger partial charge on any atom is -0.443 e. The van der Waals surface area contributed by atoms with E-state index in [0.717, 1.165) is 5.56 Å². The first-order chi connectivity index (χ1) is 11.0. The molecular weight excluding hydrogens is 311 g/mol. The monoisotopic (exact) mass is 334 g/mol. The van der Waals surface area contributed by atoms with Crippen LogP contribution in [0.4, 0.5) is 9.18 Å². The Kier molecular flexibility index (Phi) is 4.69. The van der Waals surface area contributed by atoms with E-state index in [1.807, 2.05) is 6.92 Å². The van der Waals surface area contributed by atoms with Crippen LogP contribution in [-0.4, -0.2) is 17.7 Å². The highest BCUT2D eigenvalue weighted by molar-refractivity contribution is 5.91. The van der Waals surface area contributed by atoms with Crippen molar-refractivity contribution in [2.24, 2.45) is 4.99 Å². The lowest BCUT2D eigenvalue weighted by Gasteiger charge is -2.32. The fourth-order valence-electron chi connectivity index (χ4n) is 2.49. The fraction of sp³-hybridized carbons (Fsp3) is 0.444. The van der Waals surface area contributed by atoms with Gasteiger partial charge in [0.05, 0.1) is 5.54 Å². The number of alkyl carbamates (subject to hydrolysis) is 1. The molecule has 24 heavy (non-hydrogen) atoms. The van der Waals surface area contributed by atoms with Crippen LogP contribution in [0.15, 0.2) is 35.5 Å².